The molecule has 39 heavy (non-hydrogen) atoms. The van der Waals surface area contributed by atoms with Crippen molar-refractivity contribution in [1.29, 1.82) is 0 Å². The Balaban J connectivity index is 1.29. The number of aryl methyl sites for hydroxylation is 1. The fourth-order valence-electron chi connectivity index (χ4n) is 4.87. The summed E-state index contributed by atoms with van der Waals surface area (Å²) in [6.07, 6.45) is 3.54. The van der Waals surface area contributed by atoms with Gasteiger partial charge in [0.15, 0.2) is 0 Å². The van der Waals surface area contributed by atoms with Gasteiger partial charge in [-0.3, -0.25) is 14.5 Å². The molecule has 2 aliphatic heterocycles. The molecule has 3 aromatic heterocycles. The Morgan fingerprint density at radius 1 is 1.18 bits per heavy atom. The number of benzene rings is 1. The maximum absolute atomic E-state index is 13.4. The van der Waals surface area contributed by atoms with Crippen LogP contribution in [0.4, 0.5) is 21.9 Å². The number of amides is 4. The van der Waals surface area contributed by atoms with Gasteiger partial charge in [0.25, 0.3) is 5.91 Å². The first kappa shape index (κ1) is 24.6. The Bertz CT molecular complexity index is 1640. The van der Waals surface area contributed by atoms with Crippen LogP contribution in [0.2, 0.25) is 0 Å². The Labute approximate surface area is 227 Å². The van der Waals surface area contributed by atoms with Gasteiger partial charge in [0.1, 0.15) is 15.5 Å². The topological polar surface area (TPSA) is 117 Å². The molecule has 0 saturated carbocycles. The molecule has 1 fully saturated rings. The van der Waals surface area contributed by atoms with Gasteiger partial charge in [-0.05, 0) is 43.7 Å². The van der Waals surface area contributed by atoms with Crippen LogP contribution in [0.3, 0.4) is 0 Å². The van der Waals surface area contributed by atoms with Crippen molar-refractivity contribution >= 4 is 56.5 Å². The molecule has 0 aliphatic carbocycles. The lowest BCUT2D eigenvalue weighted by molar-refractivity contribution is -0.125. The van der Waals surface area contributed by atoms with E-state index < -0.39 is 6.03 Å². The summed E-state index contributed by atoms with van der Waals surface area (Å²) >= 11 is 1.22. The number of carbonyl (C=O) groups is 3. The van der Waals surface area contributed by atoms with E-state index in [-0.39, 0.29) is 17.9 Å². The number of nitrogens with zero attached hydrogens (tertiary/aromatic N) is 4. The highest BCUT2D eigenvalue weighted by Crippen LogP contribution is 2.46. The molecule has 0 spiro atoms. The number of urea groups is 1. The normalized spacial score (nSPS) is 16.2. The first-order valence-electron chi connectivity index (χ1n) is 12.4. The number of hydrogen-bond acceptors (Lipinski definition) is 7. The highest BCUT2D eigenvalue weighted by Gasteiger charge is 2.35. The van der Waals surface area contributed by atoms with Crippen LogP contribution in [0.5, 0.6) is 11.6 Å². The molecule has 2 N–H and O–H groups in total. The highest BCUT2D eigenvalue weighted by molar-refractivity contribution is 7.21. The number of thiophene rings is 1. The zero-order valence-corrected chi connectivity index (χ0v) is 21.8. The van der Waals surface area contributed by atoms with Gasteiger partial charge in [0.05, 0.1) is 28.1 Å². The van der Waals surface area contributed by atoms with E-state index in [9.17, 15) is 14.4 Å². The van der Waals surface area contributed by atoms with Crippen LogP contribution in [0.25, 0.3) is 10.2 Å². The molecular weight excluding hydrogens is 516 g/mol. The van der Waals surface area contributed by atoms with Gasteiger partial charge in [-0.15, -0.1) is 11.3 Å². The molecule has 1 atom stereocenters. The fraction of sp³-hybridized carbons (Fsp3) is 0.179. The number of likely N-dealkylation sites (tertiary alicyclic amines) is 1. The quantitative estimate of drug-likeness (QED) is 0.333. The maximum atomic E-state index is 13.4. The first-order valence-corrected chi connectivity index (χ1v) is 13.2. The Morgan fingerprint density at radius 2 is 2.00 bits per heavy atom. The molecular formula is C28H24N6O4S. The predicted molar refractivity (Wildman–Crippen MR) is 149 cm³/mol. The number of rotatable bonds is 6. The second-order valence-electron chi connectivity index (χ2n) is 9.20. The van der Waals surface area contributed by atoms with Crippen LogP contribution in [-0.4, -0.2) is 51.8 Å². The van der Waals surface area contributed by atoms with E-state index in [1.165, 1.54) is 22.3 Å². The molecule has 10 nitrogen and oxygen atoms in total. The van der Waals surface area contributed by atoms with E-state index in [1.54, 1.807) is 29.3 Å². The molecule has 11 heteroatoms. The summed E-state index contributed by atoms with van der Waals surface area (Å²) in [5, 5.41) is 6.59. The van der Waals surface area contributed by atoms with Gasteiger partial charge < -0.3 is 20.3 Å². The van der Waals surface area contributed by atoms with Crippen molar-refractivity contribution in [2.75, 3.05) is 23.3 Å². The zero-order chi connectivity index (χ0) is 27.1. The lowest BCUT2D eigenvalue weighted by Gasteiger charge is -2.29. The van der Waals surface area contributed by atoms with Crippen molar-refractivity contribution in [3.8, 4) is 11.6 Å². The van der Waals surface area contributed by atoms with Crippen molar-refractivity contribution in [1.82, 2.24) is 20.2 Å². The molecule has 1 saturated heterocycles. The molecule has 0 unspecified atom stereocenters. The third-order valence-corrected chi connectivity index (χ3v) is 7.80. The first-order chi connectivity index (χ1) is 18.9. The van der Waals surface area contributed by atoms with Crippen molar-refractivity contribution in [3.63, 3.8) is 0 Å². The van der Waals surface area contributed by atoms with E-state index in [0.717, 1.165) is 0 Å². The molecule has 196 valence electrons. The highest BCUT2D eigenvalue weighted by atomic mass is 32.1. The summed E-state index contributed by atoms with van der Waals surface area (Å²) in [7, 11) is 0. The van der Waals surface area contributed by atoms with Crippen LogP contribution in [0, 0.1) is 6.92 Å². The van der Waals surface area contributed by atoms with Gasteiger partial charge in [-0.25, -0.2) is 14.8 Å². The minimum atomic E-state index is -0.410. The van der Waals surface area contributed by atoms with Crippen molar-refractivity contribution in [3.05, 3.63) is 78.0 Å². The van der Waals surface area contributed by atoms with Gasteiger partial charge in [0.2, 0.25) is 11.8 Å². The zero-order valence-electron chi connectivity index (χ0n) is 21.0. The second kappa shape index (κ2) is 9.84. The minimum Gasteiger partial charge on any atom is -0.439 e. The molecule has 4 aromatic rings. The van der Waals surface area contributed by atoms with E-state index in [2.05, 4.69) is 27.2 Å². The minimum absolute atomic E-state index is 0.158. The Morgan fingerprint density at radius 3 is 2.77 bits per heavy atom. The van der Waals surface area contributed by atoms with E-state index in [4.69, 9.17) is 4.74 Å². The summed E-state index contributed by atoms with van der Waals surface area (Å²) in [6.45, 7) is 6.30. The van der Waals surface area contributed by atoms with Crippen molar-refractivity contribution < 1.29 is 19.1 Å². The molecule has 0 radical (unpaired) electrons. The molecule has 4 amide bonds. The van der Waals surface area contributed by atoms with E-state index in [1.807, 2.05) is 37.3 Å². The monoisotopic (exact) mass is 540 g/mol. The average molecular weight is 541 g/mol. The van der Waals surface area contributed by atoms with Crippen molar-refractivity contribution in [2.45, 2.75) is 19.4 Å². The molecule has 1 aromatic carbocycles. The molecule has 6 rings (SSSR count). The third kappa shape index (κ3) is 4.46. The molecule has 5 heterocycles. The summed E-state index contributed by atoms with van der Waals surface area (Å²) < 4.78 is 5.84. The van der Waals surface area contributed by atoms with Gasteiger partial charge >= 0.3 is 6.03 Å². The summed E-state index contributed by atoms with van der Waals surface area (Å²) in [6, 6.07) is 14.0. The third-order valence-electron chi connectivity index (χ3n) is 6.70. The molecule has 2 aliphatic rings. The Hall–Kier alpha value is -4.77. The van der Waals surface area contributed by atoms with Gasteiger partial charge in [0, 0.05) is 31.4 Å². The maximum Gasteiger partial charge on any atom is 0.331 e. The lowest BCUT2D eigenvalue weighted by atomic mass is 10.1. The standard InChI is InChI=1S/C28H24N6O4S/c1-3-22(35)33-14-12-17(15-33)31-26(36)25-24-23-20(11-13-29-27(23)39-25)34(28(37)32-24)19-9-10-21(30-16(19)2)38-18-7-5-4-6-8-18/h3-11,13,17H,1,12,14-15H2,2H3,(H,31,36)(H,32,37)/t17-/m1/s1. The number of pyridine rings is 2. The summed E-state index contributed by atoms with van der Waals surface area (Å²) in [5.74, 6) is 0.602. The van der Waals surface area contributed by atoms with Crippen molar-refractivity contribution in [2.24, 2.45) is 0 Å². The number of hydrogen-bond donors (Lipinski definition) is 2. The summed E-state index contributed by atoms with van der Waals surface area (Å²) in [5.41, 5.74) is 2.23. The average Bonchev–Trinajstić information content (AvgIpc) is 3.55. The summed E-state index contributed by atoms with van der Waals surface area (Å²) in [4.78, 5) is 51.9. The second-order valence-corrected chi connectivity index (χ2v) is 10.2. The number of para-hydroxylation sites is 1. The van der Waals surface area contributed by atoms with Gasteiger partial charge in [-0.2, -0.15) is 0 Å². The number of ether oxygens (including phenoxy) is 1. The number of anilines is 3. The van der Waals surface area contributed by atoms with Crippen LogP contribution in [0.1, 0.15) is 21.8 Å². The van der Waals surface area contributed by atoms with Crippen LogP contribution in [0.15, 0.2) is 67.4 Å². The number of carbonyl (C=O) groups excluding carboxylic acids is 3. The molecule has 0 bridgehead atoms. The van der Waals surface area contributed by atoms with Crippen LogP contribution in [-0.2, 0) is 4.79 Å². The van der Waals surface area contributed by atoms with Crippen LogP contribution < -0.4 is 20.3 Å². The smallest absolute Gasteiger partial charge is 0.331 e. The number of nitrogens with one attached hydrogen (secondary N) is 2. The lowest BCUT2D eigenvalue weighted by Crippen LogP contribution is -2.39. The predicted octanol–water partition coefficient (Wildman–Crippen LogP) is 4.99. The van der Waals surface area contributed by atoms with Crippen LogP contribution >= 0.6 is 11.3 Å². The number of aromatic nitrogens is 2. The Kier molecular flexibility index (Phi) is 6.20. The fourth-order valence-corrected chi connectivity index (χ4v) is 5.90. The van der Waals surface area contributed by atoms with Gasteiger partial charge in [-0.1, -0.05) is 24.8 Å². The SMILES string of the molecule is C=CC(=O)N1CC[C@@H](NC(=O)c2sc3nccc4c3c2NC(=O)N4c2ccc(Oc3ccccc3)nc2C)C1. The van der Waals surface area contributed by atoms with E-state index >= 15 is 0 Å². The largest absolute Gasteiger partial charge is 0.439 e. The van der Waals surface area contributed by atoms with E-state index in [0.29, 0.717) is 69.0 Å².